The van der Waals surface area contributed by atoms with Gasteiger partial charge in [0.2, 0.25) is 0 Å². The minimum atomic E-state index is -0.392. The van der Waals surface area contributed by atoms with Gasteiger partial charge in [0.25, 0.3) is 0 Å². The summed E-state index contributed by atoms with van der Waals surface area (Å²) in [6.07, 6.45) is 5.73. The van der Waals surface area contributed by atoms with Crippen molar-refractivity contribution in [3.05, 3.63) is 64.7 Å². The van der Waals surface area contributed by atoms with Crippen LogP contribution in [-0.4, -0.2) is 100 Å². The van der Waals surface area contributed by atoms with Crippen molar-refractivity contribution >= 4 is 11.8 Å². The number of methoxy groups -OCH3 is 1. The van der Waals surface area contributed by atoms with Gasteiger partial charge in [-0.05, 0) is 114 Å². The molecule has 4 aliphatic rings. The molecule has 0 radical (unpaired) electrons. The molecule has 4 fully saturated rings. The molecule has 3 atom stereocenters. The number of nitriles is 1. The first-order valence-corrected chi connectivity index (χ1v) is 17.7. The van der Waals surface area contributed by atoms with Crippen molar-refractivity contribution in [3.8, 4) is 6.07 Å². The third-order valence-electron chi connectivity index (χ3n) is 11.7. The first-order valence-electron chi connectivity index (χ1n) is 17.7. The van der Waals surface area contributed by atoms with Gasteiger partial charge < -0.3 is 29.7 Å². The molecule has 10 heteroatoms. The van der Waals surface area contributed by atoms with Crippen molar-refractivity contribution in [2.24, 2.45) is 17.3 Å². The van der Waals surface area contributed by atoms with Crippen LogP contribution in [0.15, 0.2) is 36.4 Å². The van der Waals surface area contributed by atoms with Gasteiger partial charge in [-0.15, -0.1) is 0 Å². The van der Waals surface area contributed by atoms with Gasteiger partial charge in [-0.3, -0.25) is 0 Å². The number of nitrogens with zero attached hydrogens (tertiary/aromatic N) is 5. The number of hydrogen-bond donors (Lipinski definition) is 1. The van der Waals surface area contributed by atoms with Crippen molar-refractivity contribution in [2.75, 3.05) is 78.5 Å². The molecule has 1 amide bonds. The van der Waals surface area contributed by atoms with E-state index in [0.29, 0.717) is 29.3 Å². The largest absolute Gasteiger partial charge is 0.453 e. The summed E-state index contributed by atoms with van der Waals surface area (Å²) in [4.78, 5) is 21.6. The van der Waals surface area contributed by atoms with Gasteiger partial charge in [0, 0.05) is 55.2 Å². The zero-order valence-corrected chi connectivity index (χ0v) is 29.1. The number of nitrogens with one attached hydrogen (secondary N) is 1. The maximum atomic E-state index is 15.7. The number of likely N-dealkylation sites (tertiary alicyclic amines) is 2. The number of carbonyl (C=O) groups excluding carboxylic acids is 1. The van der Waals surface area contributed by atoms with Crippen molar-refractivity contribution in [2.45, 2.75) is 63.5 Å². The molecule has 0 spiro atoms. The Morgan fingerprint density at radius 2 is 1.81 bits per heavy atom. The fourth-order valence-electron chi connectivity index (χ4n) is 9.46. The SMILES string of the molecule is COC(=O)N[C@H]1CCC[C@@H]1[C@](CN1CCC1)(c1cccc(F)c1)C1CCN(CC2(C)CN(c3ccc(C#N)c(CN(C)C)c3F)C2)CC1. The van der Waals surface area contributed by atoms with Gasteiger partial charge in [-0.1, -0.05) is 25.5 Å². The number of rotatable bonds is 11. The molecule has 48 heavy (non-hydrogen) atoms. The average molecular weight is 663 g/mol. The molecular weight excluding hydrogens is 610 g/mol. The predicted molar refractivity (Wildman–Crippen MR) is 184 cm³/mol. The van der Waals surface area contributed by atoms with Gasteiger partial charge in [0.1, 0.15) is 5.82 Å². The number of hydrogen-bond acceptors (Lipinski definition) is 7. The van der Waals surface area contributed by atoms with E-state index in [1.165, 1.54) is 19.6 Å². The standard InChI is InChI=1S/C38H52F2N6O2/c1-37(24-46(25-37)34-13-12-27(21-41)31(35(34)40)22-43(2)3)23-45-18-14-28(15-19-45)38(26-44-16-7-17-44,29-8-5-9-30(39)20-29)32-10-6-11-33(32)42-36(47)48-4/h5,8-9,12-13,20,28,32-33H,6-7,10-11,14-19,22-26H2,1-4H3,(H,42,47)/t32-,33-,38-/m0/s1. The van der Waals surface area contributed by atoms with Crippen LogP contribution in [0.1, 0.15) is 62.1 Å². The normalized spacial score (nSPS) is 24.4. The first-order chi connectivity index (χ1) is 23.0. The molecule has 3 aliphatic heterocycles. The average Bonchev–Trinajstić information content (AvgIpc) is 3.49. The monoisotopic (exact) mass is 662 g/mol. The van der Waals surface area contributed by atoms with Crippen molar-refractivity contribution in [3.63, 3.8) is 0 Å². The highest BCUT2D eigenvalue weighted by Crippen LogP contribution is 2.52. The Morgan fingerprint density at radius 3 is 2.44 bits per heavy atom. The van der Waals surface area contributed by atoms with E-state index in [-0.39, 0.29) is 34.4 Å². The minimum Gasteiger partial charge on any atom is -0.453 e. The molecule has 8 nitrogen and oxygen atoms in total. The van der Waals surface area contributed by atoms with E-state index >= 15 is 4.39 Å². The number of benzene rings is 2. The second kappa shape index (κ2) is 14.3. The van der Waals surface area contributed by atoms with Gasteiger partial charge in [0.15, 0.2) is 5.82 Å². The molecule has 260 valence electrons. The summed E-state index contributed by atoms with van der Waals surface area (Å²) < 4.78 is 35.7. The topological polar surface area (TPSA) is 75.1 Å². The van der Waals surface area contributed by atoms with Crippen LogP contribution < -0.4 is 10.2 Å². The predicted octanol–water partition coefficient (Wildman–Crippen LogP) is 5.60. The number of alkyl carbamates (subject to hydrolysis) is 1. The zero-order valence-electron chi connectivity index (χ0n) is 29.1. The van der Waals surface area contributed by atoms with Gasteiger partial charge in [-0.25, -0.2) is 13.6 Å². The van der Waals surface area contributed by atoms with Crippen LogP contribution in [0.4, 0.5) is 19.3 Å². The molecule has 3 heterocycles. The van der Waals surface area contributed by atoms with E-state index < -0.39 is 6.09 Å². The van der Waals surface area contributed by atoms with Gasteiger partial charge in [0.05, 0.1) is 24.4 Å². The third kappa shape index (κ3) is 6.92. The Balaban J connectivity index is 1.18. The van der Waals surface area contributed by atoms with E-state index in [1.54, 1.807) is 18.2 Å². The molecular formula is C38H52F2N6O2. The lowest BCUT2D eigenvalue weighted by atomic mass is 9.57. The number of amides is 1. The summed E-state index contributed by atoms with van der Waals surface area (Å²) in [5.41, 5.74) is 2.25. The fraction of sp³-hybridized carbons (Fsp3) is 0.632. The van der Waals surface area contributed by atoms with Gasteiger partial charge in [-0.2, -0.15) is 5.26 Å². The van der Waals surface area contributed by atoms with E-state index in [9.17, 15) is 14.4 Å². The lowest BCUT2D eigenvalue weighted by molar-refractivity contribution is 0.0159. The highest BCUT2D eigenvalue weighted by atomic mass is 19.1. The summed E-state index contributed by atoms with van der Waals surface area (Å²) in [6.45, 7) is 10.1. The summed E-state index contributed by atoms with van der Waals surface area (Å²) in [5, 5.41) is 12.7. The molecule has 1 N–H and O–H groups in total. The van der Waals surface area contributed by atoms with Crippen LogP contribution in [0.3, 0.4) is 0 Å². The van der Waals surface area contributed by atoms with E-state index in [2.05, 4.69) is 39.1 Å². The second-order valence-electron chi connectivity index (χ2n) is 15.5. The number of anilines is 1. The van der Waals surface area contributed by atoms with Crippen molar-refractivity contribution < 1.29 is 18.3 Å². The van der Waals surface area contributed by atoms with Crippen LogP contribution >= 0.6 is 0 Å². The van der Waals surface area contributed by atoms with Crippen molar-refractivity contribution in [1.29, 1.82) is 5.26 Å². The van der Waals surface area contributed by atoms with Crippen LogP contribution in [0, 0.1) is 40.2 Å². The molecule has 2 aromatic rings. The van der Waals surface area contributed by atoms with Crippen molar-refractivity contribution in [1.82, 2.24) is 20.0 Å². The number of carbonyl (C=O) groups is 1. The highest BCUT2D eigenvalue weighted by molar-refractivity contribution is 5.67. The Bertz CT molecular complexity index is 1490. The molecule has 0 bridgehead atoms. The maximum absolute atomic E-state index is 15.7. The molecule has 0 unspecified atom stereocenters. The van der Waals surface area contributed by atoms with E-state index in [1.807, 2.05) is 25.1 Å². The summed E-state index contributed by atoms with van der Waals surface area (Å²) in [6, 6.07) is 12.9. The smallest absolute Gasteiger partial charge is 0.407 e. The van der Waals surface area contributed by atoms with Crippen LogP contribution in [0.5, 0.6) is 0 Å². The Labute approximate surface area is 285 Å². The molecule has 2 aromatic carbocycles. The second-order valence-corrected chi connectivity index (χ2v) is 15.5. The summed E-state index contributed by atoms with van der Waals surface area (Å²) in [7, 11) is 5.19. The zero-order chi connectivity index (χ0) is 34.1. The lowest BCUT2D eigenvalue weighted by Crippen LogP contribution is -2.62. The molecule has 0 aromatic heterocycles. The minimum absolute atomic E-state index is 0.0132. The van der Waals surface area contributed by atoms with Crippen LogP contribution in [0.2, 0.25) is 0 Å². The molecule has 3 saturated heterocycles. The fourth-order valence-corrected chi connectivity index (χ4v) is 9.46. The maximum Gasteiger partial charge on any atom is 0.407 e. The Hall–Kier alpha value is -3.26. The third-order valence-corrected chi connectivity index (χ3v) is 11.7. The number of piperidine rings is 1. The molecule has 6 rings (SSSR count). The van der Waals surface area contributed by atoms with Crippen LogP contribution in [-0.2, 0) is 16.7 Å². The highest BCUT2D eigenvalue weighted by Gasteiger charge is 2.53. The molecule has 1 saturated carbocycles. The quantitative estimate of drug-likeness (QED) is 0.336. The van der Waals surface area contributed by atoms with E-state index in [0.717, 1.165) is 90.0 Å². The lowest BCUT2D eigenvalue weighted by Gasteiger charge is -2.55. The van der Waals surface area contributed by atoms with Crippen LogP contribution in [0.25, 0.3) is 0 Å². The number of halogens is 2. The van der Waals surface area contributed by atoms with Gasteiger partial charge >= 0.3 is 6.09 Å². The Kier molecular flexibility index (Phi) is 10.3. The summed E-state index contributed by atoms with van der Waals surface area (Å²) >= 11 is 0. The Morgan fingerprint density at radius 1 is 1.06 bits per heavy atom. The molecule has 1 aliphatic carbocycles. The van der Waals surface area contributed by atoms with E-state index in [4.69, 9.17) is 4.74 Å². The summed E-state index contributed by atoms with van der Waals surface area (Å²) in [5.74, 6) is 0.0412. The first kappa shape index (κ1) is 34.6. The number of ether oxygens (including phenoxy) is 1.